The maximum absolute atomic E-state index is 13.0. The molecule has 9 nitrogen and oxygen atoms in total. The lowest BCUT2D eigenvalue weighted by Gasteiger charge is -2.23. The first-order valence-electron chi connectivity index (χ1n) is 11.6. The molecule has 0 saturated heterocycles. The van der Waals surface area contributed by atoms with Gasteiger partial charge in [0.05, 0.1) is 12.2 Å². The molecule has 0 fully saturated rings. The van der Waals surface area contributed by atoms with Crippen LogP contribution in [0.15, 0.2) is 79.0 Å². The van der Waals surface area contributed by atoms with Gasteiger partial charge >= 0.3 is 12.1 Å². The summed E-state index contributed by atoms with van der Waals surface area (Å²) in [6, 6.07) is 20.3. The number of amides is 4. The van der Waals surface area contributed by atoms with E-state index in [1.165, 1.54) is 0 Å². The number of urea groups is 1. The van der Waals surface area contributed by atoms with Gasteiger partial charge in [-0.1, -0.05) is 36.4 Å². The van der Waals surface area contributed by atoms with E-state index in [0.717, 1.165) is 11.3 Å². The van der Waals surface area contributed by atoms with Gasteiger partial charge in [0.25, 0.3) is 0 Å². The highest BCUT2D eigenvalue weighted by Gasteiger charge is 2.25. The maximum atomic E-state index is 13.0. The number of pyridine rings is 1. The Kier molecular flexibility index (Phi) is 8.99. The molecule has 0 aliphatic rings. The Morgan fingerprint density at radius 2 is 1.50 bits per heavy atom. The SMILES string of the molecule is CC(C)(C)OC(=O)NC(Cc1ccccc1)C(=O)Nc1ccc(NC(=O)NCc2ccccn2)cc1. The molecule has 0 radical (unpaired) electrons. The van der Waals surface area contributed by atoms with Crippen LogP contribution in [0.2, 0.25) is 0 Å². The number of ether oxygens (including phenoxy) is 1. The van der Waals surface area contributed by atoms with E-state index in [1.54, 1.807) is 57.3 Å². The molecular weight excluding hydrogens is 458 g/mol. The Bertz CT molecular complexity index is 1150. The van der Waals surface area contributed by atoms with E-state index < -0.39 is 23.6 Å². The number of nitrogens with one attached hydrogen (secondary N) is 4. The van der Waals surface area contributed by atoms with Gasteiger partial charge in [-0.2, -0.15) is 0 Å². The fourth-order valence-electron chi connectivity index (χ4n) is 3.22. The summed E-state index contributed by atoms with van der Waals surface area (Å²) in [6.07, 6.45) is 1.28. The van der Waals surface area contributed by atoms with Crippen LogP contribution in [0, 0.1) is 0 Å². The molecule has 3 aromatic rings. The molecule has 0 spiro atoms. The second kappa shape index (κ2) is 12.3. The van der Waals surface area contributed by atoms with Crippen molar-refractivity contribution in [3.8, 4) is 0 Å². The number of nitrogens with zero attached hydrogens (tertiary/aromatic N) is 1. The lowest BCUT2D eigenvalue weighted by atomic mass is 10.1. The van der Waals surface area contributed by atoms with Gasteiger partial charge in [-0.25, -0.2) is 9.59 Å². The van der Waals surface area contributed by atoms with E-state index in [2.05, 4.69) is 26.3 Å². The van der Waals surface area contributed by atoms with Crippen molar-refractivity contribution >= 4 is 29.4 Å². The third-order valence-corrected chi connectivity index (χ3v) is 4.86. The molecule has 4 amide bonds. The molecule has 0 aliphatic heterocycles. The Morgan fingerprint density at radius 1 is 0.861 bits per heavy atom. The normalized spacial score (nSPS) is 11.6. The number of aromatic nitrogens is 1. The fraction of sp³-hybridized carbons (Fsp3) is 0.259. The zero-order valence-electron chi connectivity index (χ0n) is 20.6. The molecule has 1 atom stereocenters. The Labute approximate surface area is 210 Å². The predicted octanol–water partition coefficient (Wildman–Crippen LogP) is 4.48. The number of hydrogen-bond donors (Lipinski definition) is 4. The topological polar surface area (TPSA) is 121 Å². The van der Waals surface area contributed by atoms with Crippen LogP contribution in [0.5, 0.6) is 0 Å². The van der Waals surface area contributed by atoms with Gasteiger partial charge in [0, 0.05) is 24.0 Å². The van der Waals surface area contributed by atoms with Crippen molar-refractivity contribution < 1.29 is 19.1 Å². The van der Waals surface area contributed by atoms with E-state index in [4.69, 9.17) is 4.74 Å². The zero-order chi connectivity index (χ0) is 26.0. The van der Waals surface area contributed by atoms with E-state index in [-0.39, 0.29) is 6.03 Å². The molecule has 2 aromatic carbocycles. The van der Waals surface area contributed by atoms with Crippen molar-refractivity contribution in [3.63, 3.8) is 0 Å². The van der Waals surface area contributed by atoms with Gasteiger partial charge in [0.15, 0.2) is 0 Å². The van der Waals surface area contributed by atoms with Crippen LogP contribution in [0.1, 0.15) is 32.0 Å². The van der Waals surface area contributed by atoms with Crippen LogP contribution in [0.25, 0.3) is 0 Å². The van der Waals surface area contributed by atoms with Gasteiger partial charge in [0.1, 0.15) is 11.6 Å². The summed E-state index contributed by atoms with van der Waals surface area (Å²) in [5, 5.41) is 10.9. The molecule has 36 heavy (non-hydrogen) atoms. The van der Waals surface area contributed by atoms with E-state index in [1.807, 2.05) is 42.5 Å². The summed E-state index contributed by atoms with van der Waals surface area (Å²) in [7, 11) is 0. The maximum Gasteiger partial charge on any atom is 0.408 e. The van der Waals surface area contributed by atoms with Gasteiger partial charge in [-0.05, 0) is 62.7 Å². The first-order chi connectivity index (χ1) is 17.2. The lowest BCUT2D eigenvalue weighted by Crippen LogP contribution is -2.47. The second-order valence-corrected chi connectivity index (χ2v) is 9.08. The van der Waals surface area contributed by atoms with Gasteiger partial charge < -0.3 is 26.0 Å². The number of hydrogen-bond acceptors (Lipinski definition) is 5. The van der Waals surface area contributed by atoms with Crippen LogP contribution in [0.3, 0.4) is 0 Å². The highest BCUT2D eigenvalue weighted by molar-refractivity contribution is 5.97. The van der Waals surface area contributed by atoms with Gasteiger partial charge in [-0.15, -0.1) is 0 Å². The van der Waals surface area contributed by atoms with Crippen molar-refractivity contribution in [3.05, 3.63) is 90.3 Å². The molecular formula is C27H31N5O4. The van der Waals surface area contributed by atoms with Gasteiger partial charge in [0.2, 0.25) is 5.91 Å². The molecule has 4 N–H and O–H groups in total. The minimum Gasteiger partial charge on any atom is -0.444 e. The third-order valence-electron chi connectivity index (χ3n) is 4.86. The average molecular weight is 490 g/mol. The molecule has 188 valence electrons. The summed E-state index contributed by atoms with van der Waals surface area (Å²) < 4.78 is 5.33. The van der Waals surface area contributed by atoms with E-state index >= 15 is 0 Å². The molecule has 1 aromatic heterocycles. The highest BCUT2D eigenvalue weighted by atomic mass is 16.6. The monoisotopic (exact) mass is 489 g/mol. The van der Waals surface area contributed by atoms with E-state index in [0.29, 0.717) is 24.3 Å². The molecule has 0 saturated carbocycles. The van der Waals surface area contributed by atoms with Gasteiger partial charge in [-0.3, -0.25) is 9.78 Å². The molecule has 0 aliphatic carbocycles. The van der Waals surface area contributed by atoms with Crippen molar-refractivity contribution in [1.82, 2.24) is 15.6 Å². The average Bonchev–Trinajstić information content (AvgIpc) is 2.84. The molecule has 1 unspecified atom stereocenters. The lowest BCUT2D eigenvalue weighted by molar-refractivity contribution is -0.118. The number of carbonyl (C=O) groups is 3. The summed E-state index contributed by atoms with van der Waals surface area (Å²) in [6.45, 7) is 5.57. The summed E-state index contributed by atoms with van der Waals surface area (Å²) in [5.41, 5.74) is 2.02. The van der Waals surface area contributed by atoms with E-state index in [9.17, 15) is 14.4 Å². The van der Waals surface area contributed by atoms with Crippen LogP contribution in [-0.2, 0) is 22.5 Å². The first kappa shape index (κ1) is 26.2. The number of carbonyl (C=O) groups excluding carboxylic acids is 3. The van der Waals surface area contributed by atoms with Crippen molar-refractivity contribution in [2.75, 3.05) is 10.6 Å². The Morgan fingerprint density at radius 3 is 2.11 bits per heavy atom. The summed E-state index contributed by atoms with van der Waals surface area (Å²) >= 11 is 0. The number of anilines is 2. The minimum absolute atomic E-state index is 0.294. The van der Waals surface area contributed by atoms with Crippen LogP contribution in [0.4, 0.5) is 21.0 Å². The smallest absolute Gasteiger partial charge is 0.408 e. The molecule has 3 rings (SSSR count). The summed E-state index contributed by atoms with van der Waals surface area (Å²) in [5.74, 6) is -0.390. The Balaban J connectivity index is 1.58. The largest absolute Gasteiger partial charge is 0.444 e. The number of benzene rings is 2. The van der Waals surface area contributed by atoms with Crippen LogP contribution < -0.4 is 21.3 Å². The molecule has 9 heteroatoms. The molecule has 0 bridgehead atoms. The number of alkyl carbamates (subject to hydrolysis) is 1. The molecule has 1 heterocycles. The Hall–Kier alpha value is -4.40. The first-order valence-corrected chi connectivity index (χ1v) is 11.6. The number of rotatable bonds is 8. The highest BCUT2D eigenvalue weighted by Crippen LogP contribution is 2.15. The summed E-state index contributed by atoms with van der Waals surface area (Å²) in [4.78, 5) is 41.7. The fourth-order valence-corrected chi connectivity index (χ4v) is 3.22. The zero-order valence-corrected chi connectivity index (χ0v) is 20.6. The second-order valence-electron chi connectivity index (χ2n) is 9.08. The third kappa shape index (κ3) is 9.09. The van der Waals surface area contributed by atoms with Crippen molar-refractivity contribution in [2.45, 2.75) is 45.4 Å². The van der Waals surface area contributed by atoms with Crippen molar-refractivity contribution in [2.24, 2.45) is 0 Å². The standard InChI is InChI=1S/C27H31N5O4/c1-27(2,3)36-26(35)32-23(17-19-9-5-4-6-10-19)24(33)30-20-12-14-21(15-13-20)31-25(34)29-18-22-11-7-8-16-28-22/h4-16,23H,17-18H2,1-3H3,(H,30,33)(H,32,35)(H2,29,31,34). The minimum atomic E-state index is -0.850. The quantitative estimate of drug-likeness (QED) is 0.372. The van der Waals surface area contributed by atoms with Crippen molar-refractivity contribution in [1.29, 1.82) is 0 Å². The van der Waals surface area contributed by atoms with Crippen LogP contribution >= 0.6 is 0 Å². The predicted molar refractivity (Wildman–Crippen MR) is 138 cm³/mol. The van der Waals surface area contributed by atoms with Crippen LogP contribution in [-0.4, -0.2) is 34.7 Å².